The van der Waals surface area contributed by atoms with E-state index in [0.717, 1.165) is 6.07 Å². The summed E-state index contributed by atoms with van der Waals surface area (Å²) in [6.45, 7) is 1.68. The molecule has 1 amide bonds. The number of nitrogens with one attached hydrogen (secondary N) is 1. The molecule has 0 bridgehead atoms. The van der Waals surface area contributed by atoms with Gasteiger partial charge in [0.25, 0.3) is 0 Å². The zero-order valence-electron chi connectivity index (χ0n) is 9.34. The lowest BCUT2D eigenvalue weighted by Crippen LogP contribution is -2.30. The first-order chi connectivity index (χ1) is 8.25. The first-order valence-electron chi connectivity index (χ1n) is 5.00. The summed E-state index contributed by atoms with van der Waals surface area (Å²) in [6.07, 6.45) is -4.64. The normalized spacial score (nSPS) is 11.1. The first-order valence-corrected chi connectivity index (χ1v) is 5.00. The number of hydrogen-bond acceptors (Lipinski definition) is 2. The highest BCUT2D eigenvalue weighted by atomic mass is 19.4. The zero-order valence-corrected chi connectivity index (χ0v) is 9.34. The Bertz CT molecular complexity index is 483. The molecule has 7 heteroatoms. The number of benzene rings is 1. The topological polar surface area (TPSA) is 66.4 Å². The molecule has 0 aliphatic rings. The van der Waals surface area contributed by atoms with Crippen molar-refractivity contribution in [1.29, 1.82) is 0 Å². The lowest BCUT2D eigenvalue weighted by molar-refractivity contribution is -0.167. The van der Waals surface area contributed by atoms with Gasteiger partial charge in [0.1, 0.15) is 0 Å². The minimum atomic E-state index is -5.01. The van der Waals surface area contributed by atoms with E-state index < -0.39 is 18.1 Å². The number of hydrogen-bond donors (Lipinski definition) is 2. The van der Waals surface area contributed by atoms with Crippen molar-refractivity contribution in [3.05, 3.63) is 29.3 Å². The molecule has 0 aliphatic carbocycles. The quantitative estimate of drug-likeness (QED) is 0.878. The van der Waals surface area contributed by atoms with Crippen molar-refractivity contribution < 1.29 is 27.9 Å². The highest BCUT2D eigenvalue weighted by Gasteiger charge is 2.38. The number of carbonyl (C=O) groups excluding carboxylic acids is 1. The summed E-state index contributed by atoms with van der Waals surface area (Å²) in [6, 6.07) is 3.64. The maximum atomic E-state index is 12.1. The molecule has 4 nitrogen and oxygen atoms in total. The third-order valence-corrected chi connectivity index (χ3v) is 2.24. The van der Waals surface area contributed by atoms with Gasteiger partial charge in [-0.05, 0) is 24.1 Å². The van der Waals surface area contributed by atoms with Crippen molar-refractivity contribution in [1.82, 2.24) is 0 Å². The highest BCUT2D eigenvalue weighted by molar-refractivity contribution is 5.97. The van der Waals surface area contributed by atoms with Crippen LogP contribution in [0.2, 0.25) is 0 Å². The maximum Gasteiger partial charge on any atom is 0.471 e. The molecule has 0 atom stereocenters. The van der Waals surface area contributed by atoms with Crippen molar-refractivity contribution in [2.24, 2.45) is 0 Å². The third kappa shape index (κ3) is 3.22. The Morgan fingerprint density at radius 3 is 2.39 bits per heavy atom. The summed E-state index contributed by atoms with van der Waals surface area (Å²) in [7, 11) is 0. The van der Waals surface area contributed by atoms with Crippen LogP contribution >= 0.6 is 0 Å². The van der Waals surface area contributed by atoms with E-state index in [1.54, 1.807) is 12.2 Å². The molecular formula is C11H10F3NO3. The van der Waals surface area contributed by atoms with E-state index >= 15 is 0 Å². The molecule has 1 aromatic carbocycles. The van der Waals surface area contributed by atoms with E-state index in [2.05, 4.69) is 0 Å². The van der Waals surface area contributed by atoms with Crippen LogP contribution in [0, 0.1) is 0 Å². The van der Waals surface area contributed by atoms with Gasteiger partial charge in [-0.25, -0.2) is 4.79 Å². The van der Waals surface area contributed by atoms with Crippen LogP contribution in [-0.4, -0.2) is 23.2 Å². The van der Waals surface area contributed by atoms with E-state index in [-0.39, 0.29) is 11.3 Å². The minimum Gasteiger partial charge on any atom is -0.478 e. The molecule has 1 rings (SSSR count). The second kappa shape index (κ2) is 5.07. The van der Waals surface area contributed by atoms with Gasteiger partial charge in [-0.3, -0.25) is 4.79 Å². The summed E-state index contributed by atoms with van der Waals surface area (Å²) in [5, 5.41) is 10.4. The monoisotopic (exact) mass is 261 g/mol. The Morgan fingerprint density at radius 2 is 1.94 bits per heavy atom. The van der Waals surface area contributed by atoms with Crippen LogP contribution in [0.3, 0.4) is 0 Å². The number of aromatic carboxylic acids is 1. The van der Waals surface area contributed by atoms with Crippen molar-refractivity contribution in [2.75, 3.05) is 5.32 Å². The van der Waals surface area contributed by atoms with Crippen molar-refractivity contribution in [3.63, 3.8) is 0 Å². The second-order valence-corrected chi connectivity index (χ2v) is 3.48. The molecule has 0 unspecified atom stereocenters. The predicted octanol–water partition coefficient (Wildman–Crippen LogP) is 2.45. The molecule has 18 heavy (non-hydrogen) atoms. The lowest BCUT2D eigenvalue weighted by Gasteiger charge is -2.12. The number of amides is 1. The second-order valence-electron chi connectivity index (χ2n) is 3.48. The minimum absolute atomic E-state index is 0.139. The van der Waals surface area contributed by atoms with E-state index in [9.17, 15) is 22.8 Å². The zero-order chi connectivity index (χ0) is 13.9. The van der Waals surface area contributed by atoms with E-state index in [1.807, 2.05) is 0 Å². The number of carboxylic acids is 1. The van der Waals surface area contributed by atoms with Crippen LogP contribution in [0.25, 0.3) is 0 Å². The van der Waals surface area contributed by atoms with Crippen LogP contribution in [0.4, 0.5) is 18.9 Å². The van der Waals surface area contributed by atoms with Gasteiger partial charge in [0.2, 0.25) is 0 Å². The maximum absolute atomic E-state index is 12.1. The largest absolute Gasteiger partial charge is 0.478 e. The highest BCUT2D eigenvalue weighted by Crippen LogP contribution is 2.22. The van der Waals surface area contributed by atoms with Gasteiger partial charge < -0.3 is 10.4 Å². The van der Waals surface area contributed by atoms with Gasteiger partial charge in [-0.2, -0.15) is 13.2 Å². The van der Waals surface area contributed by atoms with Crippen LogP contribution in [0.15, 0.2) is 18.2 Å². The molecule has 0 aliphatic heterocycles. The van der Waals surface area contributed by atoms with Gasteiger partial charge in [0, 0.05) is 5.69 Å². The van der Waals surface area contributed by atoms with Gasteiger partial charge in [0.15, 0.2) is 0 Å². The third-order valence-electron chi connectivity index (χ3n) is 2.24. The molecule has 1 aromatic rings. The number of halogens is 3. The fourth-order valence-corrected chi connectivity index (χ4v) is 1.33. The summed E-state index contributed by atoms with van der Waals surface area (Å²) in [5.41, 5.74) is 0.0991. The Morgan fingerprint density at radius 1 is 1.33 bits per heavy atom. The molecule has 2 N–H and O–H groups in total. The average Bonchev–Trinajstić information content (AvgIpc) is 2.27. The number of alkyl halides is 3. The summed E-state index contributed by atoms with van der Waals surface area (Å²) >= 11 is 0. The molecule has 0 spiro atoms. The van der Waals surface area contributed by atoms with Crippen LogP contribution in [-0.2, 0) is 11.2 Å². The van der Waals surface area contributed by atoms with Gasteiger partial charge in [-0.15, -0.1) is 0 Å². The summed E-state index contributed by atoms with van der Waals surface area (Å²) in [5.74, 6) is -3.40. The molecule has 0 heterocycles. The Balaban J connectivity index is 3.09. The molecule has 0 saturated carbocycles. The smallest absolute Gasteiger partial charge is 0.471 e. The van der Waals surface area contributed by atoms with Crippen LogP contribution in [0.5, 0.6) is 0 Å². The fourth-order valence-electron chi connectivity index (χ4n) is 1.33. The molecule has 0 radical (unpaired) electrons. The number of carbonyl (C=O) groups is 2. The number of aryl methyl sites for hydroxylation is 1. The van der Waals surface area contributed by atoms with Crippen molar-refractivity contribution in [3.8, 4) is 0 Å². The lowest BCUT2D eigenvalue weighted by atomic mass is 10.1. The van der Waals surface area contributed by atoms with Crippen molar-refractivity contribution in [2.45, 2.75) is 19.5 Å². The SMILES string of the molecule is CCc1ccc(C(=O)O)cc1NC(=O)C(F)(F)F. The Hall–Kier alpha value is -2.05. The molecule has 0 fully saturated rings. The van der Waals surface area contributed by atoms with Crippen LogP contribution in [0.1, 0.15) is 22.8 Å². The molecule has 98 valence electrons. The van der Waals surface area contributed by atoms with Gasteiger partial charge in [0.05, 0.1) is 5.56 Å². The Kier molecular flexibility index (Phi) is 3.95. The Labute approximate surface area is 100 Å². The number of anilines is 1. The van der Waals surface area contributed by atoms with Gasteiger partial charge in [-0.1, -0.05) is 13.0 Å². The number of carboxylic acid groups (broad SMARTS) is 1. The standard InChI is InChI=1S/C11H10F3NO3/c1-2-6-3-4-7(9(16)17)5-8(6)15-10(18)11(12,13)14/h3-5H,2H2,1H3,(H,15,18)(H,16,17). The first kappa shape index (κ1) is 14.0. The molecular weight excluding hydrogens is 251 g/mol. The summed E-state index contributed by atoms with van der Waals surface area (Å²) in [4.78, 5) is 21.5. The van der Waals surface area contributed by atoms with Gasteiger partial charge >= 0.3 is 18.1 Å². The van der Waals surface area contributed by atoms with Crippen LogP contribution < -0.4 is 5.32 Å². The molecule has 0 saturated heterocycles. The van der Waals surface area contributed by atoms with Crippen molar-refractivity contribution >= 4 is 17.6 Å². The average molecular weight is 261 g/mol. The molecule has 0 aromatic heterocycles. The van der Waals surface area contributed by atoms with E-state index in [1.165, 1.54) is 12.1 Å². The van der Waals surface area contributed by atoms with E-state index in [0.29, 0.717) is 12.0 Å². The fraction of sp³-hybridized carbons (Fsp3) is 0.273. The predicted molar refractivity (Wildman–Crippen MR) is 57.5 cm³/mol. The van der Waals surface area contributed by atoms with E-state index in [4.69, 9.17) is 5.11 Å². The number of rotatable bonds is 3. The summed E-state index contributed by atoms with van der Waals surface area (Å²) < 4.78 is 36.3.